The summed E-state index contributed by atoms with van der Waals surface area (Å²) in [6, 6.07) is 4.77. The SMILES string of the molecule is OCCn1cc(CNC2CC2)c2cccnc21. The minimum Gasteiger partial charge on any atom is -0.395 e. The molecule has 17 heavy (non-hydrogen) atoms. The van der Waals surface area contributed by atoms with Crippen LogP contribution in [0.2, 0.25) is 0 Å². The molecule has 0 atom stereocenters. The van der Waals surface area contributed by atoms with E-state index in [-0.39, 0.29) is 6.61 Å². The fourth-order valence-electron chi connectivity index (χ4n) is 2.16. The molecule has 1 saturated carbocycles. The van der Waals surface area contributed by atoms with Gasteiger partial charge >= 0.3 is 0 Å². The van der Waals surface area contributed by atoms with Gasteiger partial charge in [0.15, 0.2) is 0 Å². The van der Waals surface area contributed by atoms with Gasteiger partial charge in [-0.3, -0.25) is 0 Å². The summed E-state index contributed by atoms with van der Waals surface area (Å²) in [5.41, 5.74) is 2.24. The first-order chi connectivity index (χ1) is 8.38. The van der Waals surface area contributed by atoms with Gasteiger partial charge in [0.25, 0.3) is 0 Å². The highest BCUT2D eigenvalue weighted by atomic mass is 16.3. The van der Waals surface area contributed by atoms with Crippen molar-refractivity contribution in [3.63, 3.8) is 0 Å². The van der Waals surface area contributed by atoms with Crippen LogP contribution in [-0.4, -0.2) is 27.3 Å². The molecule has 0 spiro atoms. The van der Waals surface area contributed by atoms with Crippen LogP contribution in [0.3, 0.4) is 0 Å². The average Bonchev–Trinajstić information content (AvgIpc) is 3.12. The summed E-state index contributed by atoms with van der Waals surface area (Å²) in [5.74, 6) is 0. The average molecular weight is 231 g/mol. The molecule has 1 fully saturated rings. The smallest absolute Gasteiger partial charge is 0.140 e. The van der Waals surface area contributed by atoms with E-state index in [0.29, 0.717) is 12.6 Å². The molecular weight excluding hydrogens is 214 g/mol. The predicted molar refractivity (Wildman–Crippen MR) is 66.7 cm³/mol. The first-order valence-electron chi connectivity index (χ1n) is 6.15. The zero-order valence-electron chi connectivity index (χ0n) is 9.76. The largest absolute Gasteiger partial charge is 0.395 e. The van der Waals surface area contributed by atoms with Crippen molar-refractivity contribution >= 4 is 11.0 Å². The Bertz CT molecular complexity index is 516. The number of hydrogen-bond donors (Lipinski definition) is 2. The van der Waals surface area contributed by atoms with E-state index in [0.717, 1.165) is 12.2 Å². The number of hydrogen-bond acceptors (Lipinski definition) is 3. The molecule has 0 saturated heterocycles. The van der Waals surface area contributed by atoms with Crippen LogP contribution in [0.4, 0.5) is 0 Å². The maximum Gasteiger partial charge on any atom is 0.140 e. The molecule has 2 aromatic rings. The van der Waals surface area contributed by atoms with Gasteiger partial charge in [0.1, 0.15) is 5.65 Å². The molecule has 0 unspecified atom stereocenters. The lowest BCUT2D eigenvalue weighted by molar-refractivity contribution is 0.277. The minimum absolute atomic E-state index is 0.149. The topological polar surface area (TPSA) is 50.1 Å². The van der Waals surface area contributed by atoms with E-state index in [2.05, 4.69) is 22.6 Å². The molecule has 4 nitrogen and oxygen atoms in total. The van der Waals surface area contributed by atoms with E-state index in [1.54, 1.807) is 6.20 Å². The molecule has 0 aromatic carbocycles. The van der Waals surface area contributed by atoms with E-state index >= 15 is 0 Å². The van der Waals surface area contributed by atoms with Crippen molar-refractivity contribution in [2.45, 2.75) is 32.0 Å². The van der Waals surface area contributed by atoms with Crippen LogP contribution in [0.25, 0.3) is 11.0 Å². The minimum atomic E-state index is 0.149. The number of aliphatic hydroxyl groups excluding tert-OH is 1. The second kappa shape index (κ2) is 4.47. The van der Waals surface area contributed by atoms with E-state index in [4.69, 9.17) is 5.11 Å². The number of nitrogens with zero attached hydrogens (tertiary/aromatic N) is 2. The summed E-state index contributed by atoms with van der Waals surface area (Å²) in [7, 11) is 0. The second-order valence-electron chi connectivity index (χ2n) is 4.60. The van der Waals surface area contributed by atoms with Crippen LogP contribution >= 0.6 is 0 Å². The van der Waals surface area contributed by atoms with Crippen molar-refractivity contribution in [1.29, 1.82) is 0 Å². The fraction of sp³-hybridized carbons (Fsp3) is 0.462. The molecule has 3 rings (SSSR count). The molecule has 1 aliphatic rings. The number of aliphatic hydroxyl groups is 1. The van der Waals surface area contributed by atoms with E-state index in [1.165, 1.54) is 23.8 Å². The Morgan fingerprint density at radius 3 is 3.12 bits per heavy atom. The maximum atomic E-state index is 9.05. The van der Waals surface area contributed by atoms with Crippen LogP contribution in [0.5, 0.6) is 0 Å². The molecule has 0 aliphatic heterocycles. The highest BCUT2D eigenvalue weighted by Crippen LogP contribution is 2.22. The standard InChI is InChI=1S/C13H17N3O/c17-7-6-16-9-10(8-15-11-3-4-11)12-2-1-5-14-13(12)16/h1-2,5,9,11,15,17H,3-4,6-8H2. The van der Waals surface area contributed by atoms with Gasteiger partial charge in [0.2, 0.25) is 0 Å². The summed E-state index contributed by atoms with van der Waals surface area (Å²) >= 11 is 0. The third kappa shape index (κ3) is 2.18. The molecule has 1 aliphatic carbocycles. The molecule has 2 heterocycles. The highest BCUT2D eigenvalue weighted by Gasteiger charge is 2.20. The number of aromatic nitrogens is 2. The van der Waals surface area contributed by atoms with Gasteiger partial charge < -0.3 is 15.0 Å². The van der Waals surface area contributed by atoms with E-state index in [9.17, 15) is 0 Å². The quantitative estimate of drug-likeness (QED) is 0.815. The van der Waals surface area contributed by atoms with Crippen LogP contribution in [0.15, 0.2) is 24.5 Å². The first kappa shape index (κ1) is 10.7. The third-order valence-electron chi connectivity index (χ3n) is 3.22. The lowest BCUT2D eigenvalue weighted by Crippen LogP contribution is -2.15. The highest BCUT2D eigenvalue weighted by molar-refractivity contribution is 5.80. The fourth-order valence-corrected chi connectivity index (χ4v) is 2.16. The zero-order chi connectivity index (χ0) is 11.7. The van der Waals surface area contributed by atoms with Crippen molar-refractivity contribution in [2.24, 2.45) is 0 Å². The van der Waals surface area contributed by atoms with Crippen molar-refractivity contribution in [2.75, 3.05) is 6.61 Å². The molecule has 4 heteroatoms. The monoisotopic (exact) mass is 231 g/mol. The normalized spacial score (nSPS) is 15.6. The summed E-state index contributed by atoms with van der Waals surface area (Å²) in [5, 5.41) is 13.8. The number of nitrogens with one attached hydrogen (secondary N) is 1. The van der Waals surface area contributed by atoms with Gasteiger partial charge in [-0.1, -0.05) is 0 Å². The van der Waals surface area contributed by atoms with Crippen LogP contribution < -0.4 is 5.32 Å². The summed E-state index contributed by atoms with van der Waals surface area (Å²) in [6.45, 7) is 1.65. The number of rotatable bonds is 5. The first-order valence-corrected chi connectivity index (χ1v) is 6.15. The Kier molecular flexibility index (Phi) is 2.82. The molecule has 0 radical (unpaired) electrons. The second-order valence-corrected chi connectivity index (χ2v) is 4.60. The van der Waals surface area contributed by atoms with Crippen LogP contribution in [-0.2, 0) is 13.1 Å². The van der Waals surface area contributed by atoms with Gasteiger partial charge in [-0.15, -0.1) is 0 Å². The lowest BCUT2D eigenvalue weighted by atomic mass is 10.2. The van der Waals surface area contributed by atoms with Crippen LogP contribution in [0.1, 0.15) is 18.4 Å². The van der Waals surface area contributed by atoms with Crippen molar-refractivity contribution < 1.29 is 5.11 Å². The van der Waals surface area contributed by atoms with Gasteiger partial charge in [-0.25, -0.2) is 4.98 Å². The van der Waals surface area contributed by atoms with Gasteiger partial charge in [-0.05, 0) is 30.5 Å². The maximum absolute atomic E-state index is 9.05. The zero-order valence-corrected chi connectivity index (χ0v) is 9.76. The molecule has 90 valence electrons. The molecular formula is C13H17N3O. The Labute approximate surface area is 100 Å². The number of fused-ring (bicyclic) bond motifs is 1. The summed E-state index contributed by atoms with van der Waals surface area (Å²) in [6.07, 6.45) is 6.50. The summed E-state index contributed by atoms with van der Waals surface area (Å²) in [4.78, 5) is 4.39. The lowest BCUT2D eigenvalue weighted by Gasteiger charge is -2.00. The van der Waals surface area contributed by atoms with E-state index in [1.807, 2.05) is 10.6 Å². The van der Waals surface area contributed by atoms with Gasteiger partial charge in [0, 0.05) is 36.9 Å². The predicted octanol–water partition coefficient (Wildman–Crippen LogP) is 1.28. The Morgan fingerprint density at radius 2 is 2.35 bits per heavy atom. The Hall–Kier alpha value is -1.39. The molecule has 2 aromatic heterocycles. The van der Waals surface area contributed by atoms with E-state index < -0.39 is 0 Å². The molecule has 2 N–H and O–H groups in total. The summed E-state index contributed by atoms with van der Waals surface area (Å²) < 4.78 is 2.03. The van der Waals surface area contributed by atoms with Crippen molar-refractivity contribution in [3.05, 3.63) is 30.1 Å². The van der Waals surface area contributed by atoms with Gasteiger partial charge in [-0.2, -0.15) is 0 Å². The molecule has 0 bridgehead atoms. The van der Waals surface area contributed by atoms with Crippen molar-refractivity contribution in [1.82, 2.24) is 14.9 Å². The number of pyridine rings is 1. The Morgan fingerprint density at radius 1 is 1.47 bits per heavy atom. The van der Waals surface area contributed by atoms with Crippen molar-refractivity contribution in [3.8, 4) is 0 Å². The molecule has 0 amide bonds. The third-order valence-corrected chi connectivity index (χ3v) is 3.22. The van der Waals surface area contributed by atoms with Crippen LogP contribution in [0, 0.1) is 0 Å². The van der Waals surface area contributed by atoms with Gasteiger partial charge in [0.05, 0.1) is 6.61 Å². The Balaban J connectivity index is 1.92.